The molecular weight excluding hydrogens is 344 g/mol. The maximum absolute atomic E-state index is 11.3. The molecule has 2 rings (SSSR count). The van der Waals surface area contributed by atoms with E-state index in [2.05, 4.69) is 10.5 Å². The average molecular weight is 367 g/mol. The standard InChI is InChI=1S/C18H23ClN2O4/c1-4-23-18(22)7-8-20-10-14-5-6-17(16(19)9-14)24-11-15-12(2)21-25-13(15)3/h5-6,9,20H,4,7-8,10-11H2,1-3H3. The van der Waals surface area contributed by atoms with Gasteiger partial charge in [-0.3, -0.25) is 4.79 Å². The topological polar surface area (TPSA) is 73.6 Å². The Labute approximate surface area is 152 Å². The Morgan fingerprint density at radius 1 is 1.36 bits per heavy atom. The zero-order valence-corrected chi connectivity index (χ0v) is 15.5. The first-order valence-electron chi connectivity index (χ1n) is 8.20. The van der Waals surface area contributed by atoms with Crippen molar-refractivity contribution in [2.75, 3.05) is 13.2 Å². The molecule has 2 aromatic rings. The van der Waals surface area contributed by atoms with Crippen LogP contribution >= 0.6 is 11.6 Å². The Morgan fingerprint density at radius 2 is 2.16 bits per heavy atom. The van der Waals surface area contributed by atoms with E-state index in [1.165, 1.54) is 0 Å². The van der Waals surface area contributed by atoms with Crippen LogP contribution in [0.2, 0.25) is 5.02 Å². The number of esters is 1. The number of carbonyl (C=O) groups is 1. The molecule has 0 bridgehead atoms. The van der Waals surface area contributed by atoms with E-state index in [0.717, 1.165) is 22.6 Å². The van der Waals surface area contributed by atoms with Crippen LogP contribution in [0.5, 0.6) is 5.75 Å². The minimum absolute atomic E-state index is 0.198. The maximum Gasteiger partial charge on any atom is 0.307 e. The molecule has 1 aromatic carbocycles. The Balaban J connectivity index is 1.83. The number of aryl methyl sites for hydroxylation is 2. The molecule has 0 saturated carbocycles. The lowest BCUT2D eigenvalue weighted by Gasteiger charge is -2.10. The summed E-state index contributed by atoms with van der Waals surface area (Å²) in [6.07, 6.45) is 0.347. The van der Waals surface area contributed by atoms with E-state index in [4.69, 9.17) is 25.6 Å². The van der Waals surface area contributed by atoms with Crippen molar-refractivity contribution in [3.8, 4) is 5.75 Å². The van der Waals surface area contributed by atoms with Gasteiger partial charge in [0.05, 0.1) is 29.3 Å². The normalized spacial score (nSPS) is 10.7. The van der Waals surface area contributed by atoms with Gasteiger partial charge in [-0.25, -0.2) is 0 Å². The van der Waals surface area contributed by atoms with Gasteiger partial charge in [-0.2, -0.15) is 0 Å². The first-order chi connectivity index (χ1) is 12.0. The molecule has 0 radical (unpaired) electrons. The summed E-state index contributed by atoms with van der Waals surface area (Å²) < 4.78 is 15.8. The molecule has 0 saturated heterocycles. The van der Waals surface area contributed by atoms with Gasteiger partial charge < -0.3 is 19.3 Å². The number of nitrogens with one attached hydrogen (secondary N) is 1. The van der Waals surface area contributed by atoms with E-state index in [0.29, 0.717) is 43.5 Å². The Bertz CT molecular complexity index is 696. The van der Waals surface area contributed by atoms with E-state index in [-0.39, 0.29) is 5.97 Å². The number of hydrogen-bond acceptors (Lipinski definition) is 6. The molecule has 25 heavy (non-hydrogen) atoms. The van der Waals surface area contributed by atoms with Gasteiger partial charge in [-0.1, -0.05) is 22.8 Å². The van der Waals surface area contributed by atoms with Crippen molar-refractivity contribution in [2.24, 2.45) is 0 Å². The minimum Gasteiger partial charge on any atom is -0.487 e. The summed E-state index contributed by atoms with van der Waals surface area (Å²) in [6, 6.07) is 5.62. The van der Waals surface area contributed by atoms with Crippen LogP contribution in [-0.4, -0.2) is 24.3 Å². The first kappa shape index (κ1) is 19.3. The Hall–Kier alpha value is -2.05. The molecule has 0 fully saturated rings. The number of halogens is 1. The van der Waals surface area contributed by atoms with E-state index in [9.17, 15) is 4.79 Å². The third kappa shape index (κ3) is 5.76. The minimum atomic E-state index is -0.198. The van der Waals surface area contributed by atoms with Crippen LogP contribution in [0.4, 0.5) is 0 Å². The highest BCUT2D eigenvalue weighted by Gasteiger charge is 2.11. The second-order valence-electron chi connectivity index (χ2n) is 5.59. The number of nitrogens with zero attached hydrogens (tertiary/aromatic N) is 1. The van der Waals surface area contributed by atoms with Crippen LogP contribution < -0.4 is 10.1 Å². The monoisotopic (exact) mass is 366 g/mol. The summed E-state index contributed by atoms with van der Waals surface area (Å²) in [5.41, 5.74) is 2.76. The predicted octanol–water partition coefficient (Wildman–Crippen LogP) is 3.57. The third-order valence-electron chi connectivity index (χ3n) is 3.69. The molecule has 0 aliphatic heterocycles. The molecule has 0 unspecified atom stereocenters. The predicted molar refractivity (Wildman–Crippen MR) is 94.7 cm³/mol. The molecule has 1 heterocycles. The van der Waals surface area contributed by atoms with Crippen molar-refractivity contribution in [1.82, 2.24) is 10.5 Å². The van der Waals surface area contributed by atoms with Crippen molar-refractivity contribution in [2.45, 2.75) is 40.3 Å². The zero-order chi connectivity index (χ0) is 18.2. The average Bonchev–Trinajstić information content (AvgIpc) is 2.90. The Morgan fingerprint density at radius 3 is 2.80 bits per heavy atom. The third-order valence-corrected chi connectivity index (χ3v) is 3.99. The smallest absolute Gasteiger partial charge is 0.307 e. The number of benzene rings is 1. The molecule has 0 atom stereocenters. The summed E-state index contributed by atoms with van der Waals surface area (Å²) in [7, 11) is 0. The van der Waals surface area contributed by atoms with Gasteiger partial charge in [-0.05, 0) is 38.5 Å². The van der Waals surface area contributed by atoms with E-state index in [1.807, 2.05) is 32.0 Å². The molecule has 0 aliphatic rings. The molecule has 0 aliphatic carbocycles. The van der Waals surface area contributed by atoms with Gasteiger partial charge >= 0.3 is 5.97 Å². The van der Waals surface area contributed by atoms with Crippen LogP contribution in [0.15, 0.2) is 22.7 Å². The molecule has 7 heteroatoms. The second-order valence-corrected chi connectivity index (χ2v) is 6.00. The largest absolute Gasteiger partial charge is 0.487 e. The van der Waals surface area contributed by atoms with Gasteiger partial charge in [0.15, 0.2) is 0 Å². The van der Waals surface area contributed by atoms with Crippen molar-refractivity contribution in [3.05, 3.63) is 45.8 Å². The lowest BCUT2D eigenvalue weighted by atomic mass is 10.2. The Kier molecular flexibility index (Phi) is 7.28. The molecule has 136 valence electrons. The fourth-order valence-corrected chi connectivity index (χ4v) is 2.54. The van der Waals surface area contributed by atoms with Crippen molar-refractivity contribution < 1.29 is 18.8 Å². The van der Waals surface area contributed by atoms with E-state index >= 15 is 0 Å². The fourth-order valence-electron chi connectivity index (χ4n) is 2.29. The summed E-state index contributed by atoms with van der Waals surface area (Å²) in [5, 5.41) is 7.63. The van der Waals surface area contributed by atoms with Gasteiger partial charge in [0.2, 0.25) is 0 Å². The number of aromatic nitrogens is 1. The fraction of sp³-hybridized carbons (Fsp3) is 0.444. The number of hydrogen-bond donors (Lipinski definition) is 1. The van der Waals surface area contributed by atoms with Crippen molar-refractivity contribution in [1.29, 1.82) is 0 Å². The zero-order valence-electron chi connectivity index (χ0n) is 14.7. The highest BCUT2D eigenvalue weighted by Crippen LogP contribution is 2.27. The lowest BCUT2D eigenvalue weighted by molar-refractivity contribution is -0.142. The van der Waals surface area contributed by atoms with E-state index in [1.54, 1.807) is 6.92 Å². The molecule has 1 aromatic heterocycles. The first-order valence-corrected chi connectivity index (χ1v) is 8.58. The van der Waals surface area contributed by atoms with Crippen LogP contribution in [0.3, 0.4) is 0 Å². The number of ether oxygens (including phenoxy) is 2. The molecule has 0 spiro atoms. The second kappa shape index (κ2) is 9.44. The van der Waals surface area contributed by atoms with Crippen LogP contribution in [0.25, 0.3) is 0 Å². The van der Waals surface area contributed by atoms with Gasteiger partial charge in [0.1, 0.15) is 18.1 Å². The summed E-state index contributed by atoms with van der Waals surface area (Å²) in [6.45, 7) is 7.46. The molecule has 1 N–H and O–H groups in total. The van der Waals surface area contributed by atoms with Crippen LogP contribution in [0, 0.1) is 13.8 Å². The van der Waals surface area contributed by atoms with Gasteiger partial charge in [-0.15, -0.1) is 0 Å². The van der Waals surface area contributed by atoms with Gasteiger partial charge in [0, 0.05) is 13.1 Å². The van der Waals surface area contributed by atoms with E-state index < -0.39 is 0 Å². The van der Waals surface area contributed by atoms with Crippen LogP contribution in [-0.2, 0) is 22.7 Å². The molecular formula is C18H23ClN2O4. The number of rotatable bonds is 9. The van der Waals surface area contributed by atoms with Crippen molar-refractivity contribution >= 4 is 17.6 Å². The maximum atomic E-state index is 11.3. The molecule has 6 nitrogen and oxygen atoms in total. The SMILES string of the molecule is CCOC(=O)CCNCc1ccc(OCc2c(C)noc2C)c(Cl)c1. The summed E-state index contributed by atoms with van der Waals surface area (Å²) in [5.74, 6) is 1.16. The van der Waals surface area contributed by atoms with Crippen molar-refractivity contribution in [3.63, 3.8) is 0 Å². The summed E-state index contributed by atoms with van der Waals surface area (Å²) in [4.78, 5) is 11.3. The van der Waals surface area contributed by atoms with Crippen LogP contribution in [0.1, 0.15) is 35.9 Å². The quantitative estimate of drug-likeness (QED) is 0.540. The summed E-state index contributed by atoms with van der Waals surface area (Å²) >= 11 is 6.29. The highest BCUT2D eigenvalue weighted by molar-refractivity contribution is 6.32. The van der Waals surface area contributed by atoms with Gasteiger partial charge in [0.25, 0.3) is 0 Å². The highest BCUT2D eigenvalue weighted by atomic mass is 35.5. The number of carbonyl (C=O) groups excluding carboxylic acids is 1. The lowest BCUT2D eigenvalue weighted by Crippen LogP contribution is -2.19. The molecule has 0 amide bonds.